The Hall–Kier alpha value is -0.920. The summed E-state index contributed by atoms with van der Waals surface area (Å²) in [6.45, 7) is 4.16. The van der Waals surface area contributed by atoms with Crippen LogP contribution in [0, 0.1) is 0 Å². The van der Waals surface area contributed by atoms with Gasteiger partial charge in [-0.2, -0.15) is 0 Å². The van der Waals surface area contributed by atoms with Gasteiger partial charge in [0.1, 0.15) is 5.82 Å². The standard InChI is InChI=1S/C8H12N2/c1-3-7-5-9-8(4-2)10-6-7/h5-6H,3-4H2,1-2H3. The van der Waals surface area contributed by atoms with Crippen molar-refractivity contribution in [3.8, 4) is 0 Å². The first kappa shape index (κ1) is 7.19. The van der Waals surface area contributed by atoms with Crippen LogP contribution < -0.4 is 0 Å². The van der Waals surface area contributed by atoms with Crippen molar-refractivity contribution >= 4 is 0 Å². The average molecular weight is 136 g/mol. The van der Waals surface area contributed by atoms with E-state index in [2.05, 4.69) is 23.8 Å². The number of aromatic nitrogens is 2. The maximum atomic E-state index is 4.16. The second-order valence-corrected chi connectivity index (χ2v) is 2.21. The lowest BCUT2D eigenvalue weighted by Gasteiger charge is -1.95. The molecular formula is C8H12N2. The molecule has 0 saturated carbocycles. The van der Waals surface area contributed by atoms with Crippen LogP contribution in [-0.4, -0.2) is 9.97 Å². The molecule has 0 aliphatic rings. The fourth-order valence-electron chi connectivity index (χ4n) is 0.747. The molecule has 1 heterocycles. The second kappa shape index (κ2) is 3.30. The summed E-state index contributed by atoms with van der Waals surface area (Å²) in [6.07, 6.45) is 5.73. The van der Waals surface area contributed by atoms with Crippen LogP contribution in [0.5, 0.6) is 0 Å². The SMILES string of the molecule is CCc1cnc(CC)nc1. The Morgan fingerprint density at radius 1 is 1.10 bits per heavy atom. The Bertz CT molecular complexity index is 168. The first-order valence-corrected chi connectivity index (χ1v) is 3.66. The molecule has 0 spiro atoms. The van der Waals surface area contributed by atoms with Crippen molar-refractivity contribution in [3.63, 3.8) is 0 Å². The summed E-state index contributed by atoms with van der Waals surface area (Å²) in [4.78, 5) is 8.31. The summed E-state index contributed by atoms with van der Waals surface area (Å²) in [7, 11) is 0. The largest absolute Gasteiger partial charge is 0.241 e. The second-order valence-electron chi connectivity index (χ2n) is 2.21. The van der Waals surface area contributed by atoms with Crippen molar-refractivity contribution in [2.24, 2.45) is 0 Å². The topological polar surface area (TPSA) is 25.8 Å². The third-order valence-electron chi connectivity index (χ3n) is 1.48. The van der Waals surface area contributed by atoms with E-state index in [0.717, 1.165) is 18.7 Å². The van der Waals surface area contributed by atoms with E-state index >= 15 is 0 Å². The molecule has 0 fully saturated rings. The van der Waals surface area contributed by atoms with Crippen molar-refractivity contribution < 1.29 is 0 Å². The summed E-state index contributed by atoms with van der Waals surface area (Å²) in [5, 5.41) is 0. The van der Waals surface area contributed by atoms with E-state index in [1.807, 2.05) is 12.4 Å². The van der Waals surface area contributed by atoms with Gasteiger partial charge in [-0.05, 0) is 12.0 Å². The van der Waals surface area contributed by atoms with Gasteiger partial charge >= 0.3 is 0 Å². The molecule has 1 rings (SSSR count). The highest BCUT2D eigenvalue weighted by atomic mass is 14.8. The summed E-state index contributed by atoms with van der Waals surface area (Å²) >= 11 is 0. The molecule has 0 N–H and O–H groups in total. The molecule has 1 aromatic rings. The van der Waals surface area contributed by atoms with Crippen molar-refractivity contribution in [1.82, 2.24) is 9.97 Å². The third kappa shape index (κ3) is 1.53. The van der Waals surface area contributed by atoms with Crippen LogP contribution in [0.1, 0.15) is 25.2 Å². The van der Waals surface area contributed by atoms with Crippen molar-refractivity contribution in [1.29, 1.82) is 0 Å². The molecule has 1 aromatic heterocycles. The van der Waals surface area contributed by atoms with Crippen LogP contribution >= 0.6 is 0 Å². The molecule has 0 atom stereocenters. The van der Waals surface area contributed by atoms with Crippen LogP contribution in [0.3, 0.4) is 0 Å². The van der Waals surface area contributed by atoms with Gasteiger partial charge in [-0.25, -0.2) is 9.97 Å². The molecule has 0 aliphatic heterocycles. The Labute approximate surface area is 61.3 Å². The lowest BCUT2D eigenvalue weighted by molar-refractivity contribution is 0.913. The van der Waals surface area contributed by atoms with E-state index in [9.17, 15) is 0 Å². The van der Waals surface area contributed by atoms with Gasteiger partial charge in [0, 0.05) is 18.8 Å². The zero-order valence-corrected chi connectivity index (χ0v) is 6.46. The molecule has 0 saturated heterocycles. The van der Waals surface area contributed by atoms with Gasteiger partial charge in [0.25, 0.3) is 0 Å². The van der Waals surface area contributed by atoms with Crippen molar-refractivity contribution in [2.75, 3.05) is 0 Å². The van der Waals surface area contributed by atoms with Gasteiger partial charge < -0.3 is 0 Å². The smallest absolute Gasteiger partial charge is 0.127 e. The molecule has 54 valence electrons. The van der Waals surface area contributed by atoms with Crippen LogP contribution in [-0.2, 0) is 12.8 Å². The normalized spacial score (nSPS) is 9.80. The number of rotatable bonds is 2. The number of nitrogens with zero attached hydrogens (tertiary/aromatic N) is 2. The Balaban J connectivity index is 2.80. The van der Waals surface area contributed by atoms with Gasteiger partial charge in [-0.15, -0.1) is 0 Å². The zero-order chi connectivity index (χ0) is 7.40. The molecule has 0 bridgehead atoms. The molecule has 0 aliphatic carbocycles. The Kier molecular flexibility index (Phi) is 2.37. The van der Waals surface area contributed by atoms with E-state index in [1.165, 1.54) is 5.56 Å². The van der Waals surface area contributed by atoms with E-state index in [-0.39, 0.29) is 0 Å². The summed E-state index contributed by atoms with van der Waals surface area (Å²) < 4.78 is 0. The van der Waals surface area contributed by atoms with Crippen molar-refractivity contribution in [2.45, 2.75) is 26.7 Å². The van der Waals surface area contributed by atoms with Gasteiger partial charge in [0.15, 0.2) is 0 Å². The molecule has 2 heteroatoms. The first-order valence-electron chi connectivity index (χ1n) is 3.66. The summed E-state index contributed by atoms with van der Waals surface area (Å²) in [6, 6.07) is 0. The summed E-state index contributed by atoms with van der Waals surface area (Å²) in [5.41, 5.74) is 1.21. The van der Waals surface area contributed by atoms with Crippen molar-refractivity contribution in [3.05, 3.63) is 23.8 Å². The number of hydrogen-bond donors (Lipinski definition) is 0. The molecule has 0 unspecified atom stereocenters. The van der Waals surface area contributed by atoms with Crippen LogP contribution in [0.4, 0.5) is 0 Å². The summed E-state index contributed by atoms with van der Waals surface area (Å²) in [5.74, 6) is 0.928. The van der Waals surface area contributed by atoms with Crippen LogP contribution in [0.25, 0.3) is 0 Å². The van der Waals surface area contributed by atoms with Crippen LogP contribution in [0.15, 0.2) is 12.4 Å². The predicted octanol–water partition coefficient (Wildman–Crippen LogP) is 1.60. The van der Waals surface area contributed by atoms with Gasteiger partial charge in [-0.3, -0.25) is 0 Å². The minimum atomic E-state index is 0.921. The van der Waals surface area contributed by atoms with E-state index < -0.39 is 0 Å². The number of hydrogen-bond acceptors (Lipinski definition) is 2. The first-order chi connectivity index (χ1) is 4.86. The fraction of sp³-hybridized carbons (Fsp3) is 0.500. The van der Waals surface area contributed by atoms with E-state index in [4.69, 9.17) is 0 Å². The van der Waals surface area contributed by atoms with Crippen LogP contribution in [0.2, 0.25) is 0 Å². The van der Waals surface area contributed by atoms with Gasteiger partial charge in [0.05, 0.1) is 0 Å². The number of aryl methyl sites for hydroxylation is 2. The molecular weight excluding hydrogens is 124 g/mol. The highest BCUT2D eigenvalue weighted by Gasteiger charge is 1.91. The minimum Gasteiger partial charge on any atom is -0.241 e. The fourth-order valence-corrected chi connectivity index (χ4v) is 0.747. The third-order valence-corrected chi connectivity index (χ3v) is 1.48. The molecule has 2 nitrogen and oxygen atoms in total. The predicted molar refractivity (Wildman–Crippen MR) is 40.8 cm³/mol. The molecule has 0 aromatic carbocycles. The highest BCUT2D eigenvalue weighted by molar-refractivity contribution is 5.04. The molecule has 10 heavy (non-hydrogen) atoms. The lowest BCUT2D eigenvalue weighted by atomic mass is 10.3. The average Bonchev–Trinajstić information content (AvgIpc) is 2.05. The van der Waals surface area contributed by atoms with Gasteiger partial charge in [0.2, 0.25) is 0 Å². The van der Waals surface area contributed by atoms with E-state index in [0.29, 0.717) is 0 Å². The lowest BCUT2D eigenvalue weighted by Crippen LogP contribution is -1.93. The molecule has 0 radical (unpaired) electrons. The Morgan fingerprint density at radius 3 is 2.10 bits per heavy atom. The maximum absolute atomic E-state index is 4.16. The maximum Gasteiger partial charge on any atom is 0.127 e. The molecule has 0 amide bonds. The zero-order valence-electron chi connectivity index (χ0n) is 6.46. The quantitative estimate of drug-likeness (QED) is 0.617. The highest BCUT2D eigenvalue weighted by Crippen LogP contribution is 1.96. The van der Waals surface area contributed by atoms with Gasteiger partial charge in [-0.1, -0.05) is 13.8 Å². The monoisotopic (exact) mass is 136 g/mol. The minimum absolute atomic E-state index is 0.921. The Morgan fingerprint density at radius 2 is 1.70 bits per heavy atom. The van der Waals surface area contributed by atoms with E-state index in [1.54, 1.807) is 0 Å².